The van der Waals surface area contributed by atoms with Crippen LogP contribution in [0.15, 0.2) is 46.4 Å². The molecule has 2 aromatic carbocycles. The Balaban J connectivity index is 0.000000523. The topological polar surface area (TPSA) is 130 Å². The van der Waals surface area contributed by atoms with Gasteiger partial charge in [0.05, 0.1) is 40.5 Å². The predicted octanol–water partition coefficient (Wildman–Crippen LogP) is 0.357. The second-order valence-electron chi connectivity index (χ2n) is 5.28. The summed E-state index contributed by atoms with van der Waals surface area (Å²) in [5.74, 6) is 0.240. The molecule has 0 unspecified atom stereocenters. The van der Waals surface area contributed by atoms with Crippen LogP contribution in [0.4, 0.5) is 0 Å². The molecule has 0 aliphatic heterocycles. The Labute approximate surface area is 182 Å². The van der Waals surface area contributed by atoms with Gasteiger partial charge in [-0.25, -0.2) is 0 Å². The van der Waals surface area contributed by atoms with E-state index in [2.05, 4.69) is 9.98 Å². The fourth-order valence-electron chi connectivity index (χ4n) is 2.03. The van der Waals surface area contributed by atoms with Crippen LogP contribution in [0.25, 0.3) is 0 Å². The molecule has 29 heavy (non-hydrogen) atoms. The number of aliphatic hydroxyl groups is 2. The quantitative estimate of drug-likeness (QED) is 0.438. The Morgan fingerprint density at radius 3 is 1.48 bits per heavy atom. The molecule has 0 saturated heterocycles. The number of aliphatic hydroxyl groups excluding tert-OH is 2. The largest absolute Gasteiger partial charge is 2.00 e. The number of hydrogen-bond acceptors (Lipinski definition) is 8. The molecule has 2 rings (SSSR count). The smallest absolute Gasteiger partial charge is 0.870 e. The van der Waals surface area contributed by atoms with Crippen LogP contribution in [0.3, 0.4) is 0 Å². The third kappa shape index (κ3) is 9.04. The molecule has 0 aliphatic carbocycles. The third-order valence-corrected chi connectivity index (χ3v) is 3.38. The van der Waals surface area contributed by atoms with Gasteiger partial charge in [-0.05, 0) is 23.3 Å². The van der Waals surface area contributed by atoms with Gasteiger partial charge < -0.3 is 29.9 Å². The summed E-state index contributed by atoms with van der Waals surface area (Å²) in [7, 11) is 2.90. The number of hydrogen-bond donors (Lipinski definition) is 2. The Morgan fingerprint density at radius 1 is 0.793 bits per heavy atom. The first-order valence-corrected chi connectivity index (χ1v) is 8.48. The summed E-state index contributed by atoms with van der Waals surface area (Å²) in [5.41, 5.74) is 0.940. The molecule has 0 aliphatic rings. The molecule has 0 bridgehead atoms. The fraction of sp³-hybridized carbons (Fsp3) is 0.300. The maximum atomic E-state index is 11.5. The summed E-state index contributed by atoms with van der Waals surface area (Å²) in [5, 5.41) is 40.0. The molecular weight excluding hydrogens is 430 g/mol. The maximum Gasteiger partial charge on any atom is 2.00 e. The summed E-state index contributed by atoms with van der Waals surface area (Å²) in [6.07, 6.45) is 2.89. The van der Waals surface area contributed by atoms with Gasteiger partial charge in [-0.1, -0.05) is 35.8 Å². The van der Waals surface area contributed by atoms with E-state index in [0.29, 0.717) is 35.7 Å². The molecule has 0 amide bonds. The van der Waals surface area contributed by atoms with E-state index in [9.17, 15) is 10.2 Å². The minimum Gasteiger partial charge on any atom is -0.870 e. The Kier molecular flexibility index (Phi) is 14.1. The standard InChI is InChI=1S/2C10H13NO3.Zn/c2*1-14-9-4-2-3-8(10(9)13)7-11-5-6-12;/h2*2-4,7,12-13H,5-6H2,1H3;/q;;+2/p-2. The fourth-order valence-corrected chi connectivity index (χ4v) is 2.03. The molecule has 9 heteroatoms. The molecule has 0 radical (unpaired) electrons. The summed E-state index contributed by atoms with van der Waals surface area (Å²) >= 11 is 0. The van der Waals surface area contributed by atoms with Crippen molar-refractivity contribution in [3.05, 3.63) is 47.5 Å². The first-order chi connectivity index (χ1) is 13.6. The number of ether oxygens (including phenoxy) is 2. The van der Waals surface area contributed by atoms with Gasteiger partial charge in [0.15, 0.2) is 0 Å². The van der Waals surface area contributed by atoms with E-state index >= 15 is 0 Å². The van der Waals surface area contributed by atoms with E-state index in [0.717, 1.165) is 0 Å². The second-order valence-corrected chi connectivity index (χ2v) is 5.28. The van der Waals surface area contributed by atoms with Crippen LogP contribution < -0.4 is 19.7 Å². The van der Waals surface area contributed by atoms with Crippen molar-refractivity contribution in [1.29, 1.82) is 0 Å². The molecule has 0 atom stereocenters. The van der Waals surface area contributed by atoms with Gasteiger partial charge in [0, 0.05) is 12.4 Å². The zero-order chi connectivity index (χ0) is 20.8. The summed E-state index contributed by atoms with van der Waals surface area (Å²) in [6, 6.07) is 9.97. The van der Waals surface area contributed by atoms with Crippen LogP contribution >= 0.6 is 0 Å². The Hall–Kier alpha value is -2.48. The average Bonchev–Trinajstić information content (AvgIpc) is 2.71. The first-order valence-electron chi connectivity index (χ1n) is 8.48. The molecule has 0 heterocycles. The molecule has 2 aromatic rings. The number of para-hydroxylation sites is 2. The minimum atomic E-state index is -0.184. The minimum absolute atomic E-state index is 0. The van der Waals surface area contributed by atoms with E-state index in [1.165, 1.54) is 26.6 Å². The normalized spacial score (nSPS) is 10.3. The number of nitrogens with zero attached hydrogens (tertiary/aromatic N) is 2. The van der Waals surface area contributed by atoms with E-state index in [4.69, 9.17) is 19.7 Å². The van der Waals surface area contributed by atoms with Crippen molar-refractivity contribution in [2.45, 2.75) is 0 Å². The van der Waals surface area contributed by atoms with Crippen molar-refractivity contribution in [2.75, 3.05) is 40.5 Å². The molecule has 2 N–H and O–H groups in total. The van der Waals surface area contributed by atoms with Crippen LogP contribution in [0.2, 0.25) is 0 Å². The maximum absolute atomic E-state index is 11.5. The van der Waals surface area contributed by atoms with Gasteiger partial charge in [-0.3, -0.25) is 9.98 Å². The molecule has 0 fully saturated rings. The molecule has 0 aromatic heterocycles. The van der Waals surface area contributed by atoms with Crippen molar-refractivity contribution in [1.82, 2.24) is 0 Å². The van der Waals surface area contributed by atoms with E-state index < -0.39 is 0 Å². The monoisotopic (exact) mass is 452 g/mol. The number of aliphatic imine (C=N–C) groups is 2. The molecule has 0 spiro atoms. The molecule has 8 nitrogen and oxygen atoms in total. The average molecular weight is 454 g/mol. The Bertz CT molecular complexity index is 718. The summed E-state index contributed by atoms with van der Waals surface area (Å²) in [6.45, 7) is 0.566. The van der Waals surface area contributed by atoms with Crippen molar-refractivity contribution in [2.24, 2.45) is 9.98 Å². The number of benzene rings is 2. The summed E-state index contributed by atoms with van der Waals surface area (Å²) < 4.78 is 9.74. The van der Waals surface area contributed by atoms with Crippen molar-refractivity contribution in [3.8, 4) is 23.0 Å². The van der Waals surface area contributed by atoms with E-state index in [-0.39, 0.29) is 44.2 Å². The zero-order valence-corrected chi connectivity index (χ0v) is 19.5. The molecule has 152 valence electrons. The SMILES string of the molecule is COc1cccc(C=NCCO)c1[O-].COc1cccc(C=NCCO)c1[O-].[Zn+2]. The summed E-state index contributed by atoms with van der Waals surface area (Å²) in [4.78, 5) is 7.73. The van der Waals surface area contributed by atoms with Crippen molar-refractivity contribution < 1.29 is 49.4 Å². The van der Waals surface area contributed by atoms with Gasteiger partial charge in [0.2, 0.25) is 0 Å². The zero-order valence-electron chi connectivity index (χ0n) is 16.6. The number of rotatable bonds is 8. The third-order valence-electron chi connectivity index (χ3n) is 3.38. The van der Waals surface area contributed by atoms with Gasteiger partial charge in [-0.15, -0.1) is 0 Å². The van der Waals surface area contributed by atoms with Crippen LogP contribution in [0, 0.1) is 0 Å². The van der Waals surface area contributed by atoms with Gasteiger partial charge >= 0.3 is 19.5 Å². The van der Waals surface area contributed by atoms with E-state index in [1.54, 1.807) is 36.4 Å². The van der Waals surface area contributed by atoms with Crippen LogP contribution in [-0.4, -0.2) is 63.2 Å². The Morgan fingerprint density at radius 2 is 1.17 bits per heavy atom. The second kappa shape index (κ2) is 15.4. The molecular formula is C20H24N2O6Zn. The van der Waals surface area contributed by atoms with Crippen LogP contribution in [-0.2, 0) is 19.5 Å². The predicted molar refractivity (Wildman–Crippen MR) is 104 cm³/mol. The van der Waals surface area contributed by atoms with Gasteiger partial charge in [-0.2, -0.15) is 0 Å². The van der Waals surface area contributed by atoms with Crippen molar-refractivity contribution >= 4 is 12.4 Å². The number of methoxy groups -OCH3 is 2. The molecule has 0 saturated carbocycles. The van der Waals surface area contributed by atoms with Gasteiger partial charge in [0.25, 0.3) is 0 Å². The van der Waals surface area contributed by atoms with Crippen LogP contribution in [0.5, 0.6) is 23.0 Å². The van der Waals surface area contributed by atoms with Gasteiger partial charge in [0.1, 0.15) is 11.5 Å². The van der Waals surface area contributed by atoms with E-state index in [1.807, 2.05) is 0 Å². The van der Waals surface area contributed by atoms with Crippen molar-refractivity contribution in [3.63, 3.8) is 0 Å². The first kappa shape index (κ1) is 26.5. The van der Waals surface area contributed by atoms with Crippen LogP contribution in [0.1, 0.15) is 11.1 Å².